The van der Waals surface area contributed by atoms with E-state index >= 15 is 0 Å². The first-order chi connectivity index (χ1) is 7.47. The lowest BCUT2D eigenvalue weighted by Gasteiger charge is -2.14. The molecule has 0 heterocycles. The third-order valence-electron chi connectivity index (χ3n) is 1.81. The minimum Gasteiger partial charge on any atom is -0.390 e. The number of rotatable bonds is 4. The van der Waals surface area contributed by atoms with Crippen LogP contribution in [0.25, 0.3) is 0 Å². The minimum atomic E-state index is -0.712. The van der Waals surface area contributed by atoms with Crippen molar-refractivity contribution in [1.29, 1.82) is 0 Å². The maximum absolute atomic E-state index is 13.5. The van der Waals surface area contributed by atoms with Crippen molar-refractivity contribution in [1.82, 2.24) is 0 Å². The molecule has 0 aliphatic carbocycles. The summed E-state index contributed by atoms with van der Waals surface area (Å²) in [6.07, 6.45) is -0.712. The second-order valence-corrected chi connectivity index (χ2v) is 5.40. The molecule has 1 unspecified atom stereocenters. The van der Waals surface area contributed by atoms with Crippen molar-refractivity contribution < 1.29 is 9.50 Å². The average molecular weight is 396 g/mol. The van der Waals surface area contributed by atoms with Crippen molar-refractivity contribution in [2.45, 2.75) is 6.10 Å². The molecule has 0 fully saturated rings. The molecule has 0 aliphatic rings. The van der Waals surface area contributed by atoms with E-state index in [4.69, 9.17) is 23.2 Å². The lowest BCUT2D eigenvalue weighted by Crippen LogP contribution is -2.21. The molecule has 0 saturated carbocycles. The molecule has 0 radical (unpaired) electrons. The monoisotopic (exact) mass is 393 g/mol. The number of hydrogen-bond acceptors (Lipinski definition) is 2. The van der Waals surface area contributed by atoms with E-state index in [1.165, 1.54) is 6.07 Å². The standard InChI is InChI=1S/C9H8Br2Cl2FNO/c10-5-1-6(13)9(7(11)8(5)14)15-3-4(16)2-12/h1,4,15-16H,2-3H2. The zero-order valence-electron chi connectivity index (χ0n) is 7.91. The zero-order valence-corrected chi connectivity index (χ0v) is 12.6. The molecular formula is C9H8Br2Cl2FNO. The van der Waals surface area contributed by atoms with E-state index in [9.17, 15) is 9.50 Å². The highest BCUT2D eigenvalue weighted by atomic mass is 79.9. The summed E-state index contributed by atoms with van der Waals surface area (Å²) in [6, 6.07) is 1.44. The van der Waals surface area contributed by atoms with Gasteiger partial charge in [-0.25, -0.2) is 4.39 Å². The Hall–Kier alpha value is 0.450. The van der Waals surface area contributed by atoms with Crippen molar-refractivity contribution >= 4 is 60.7 Å². The first kappa shape index (κ1) is 14.5. The van der Waals surface area contributed by atoms with Gasteiger partial charge in [-0.05, 0) is 37.9 Å². The van der Waals surface area contributed by atoms with Crippen LogP contribution < -0.4 is 5.32 Å². The van der Waals surface area contributed by atoms with Gasteiger partial charge < -0.3 is 10.4 Å². The van der Waals surface area contributed by atoms with Gasteiger partial charge in [0.25, 0.3) is 0 Å². The Morgan fingerprint density at radius 3 is 2.69 bits per heavy atom. The van der Waals surface area contributed by atoms with E-state index in [-0.39, 0.29) is 21.4 Å². The second kappa shape index (κ2) is 6.40. The molecule has 1 rings (SSSR count). The van der Waals surface area contributed by atoms with Gasteiger partial charge in [0.05, 0.1) is 31.6 Å². The Kier molecular flexibility index (Phi) is 5.81. The van der Waals surface area contributed by atoms with Crippen LogP contribution in [0.4, 0.5) is 10.1 Å². The van der Waals surface area contributed by atoms with Crippen molar-refractivity contribution in [3.05, 3.63) is 25.9 Å². The van der Waals surface area contributed by atoms with Gasteiger partial charge in [0, 0.05) is 6.54 Å². The number of nitrogens with one attached hydrogen (secondary N) is 1. The van der Waals surface area contributed by atoms with Crippen molar-refractivity contribution in [3.63, 3.8) is 0 Å². The molecule has 16 heavy (non-hydrogen) atoms. The first-order valence-corrected chi connectivity index (χ1v) is 6.78. The smallest absolute Gasteiger partial charge is 0.153 e. The van der Waals surface area contributed by atoms with Crippen LogP contribution in [0, 0.1) is 5.82 Å². The summed E-state index contributed by atoms with van der Waals surface area (Å²) in [5.74, 6) is -0.353. The molecule has 0 spiro atoms. The molecule has 0 amide bonds. The fourth-order valence-corrected chi connectivity index (χ4v) is 2.89. The third-order valence-corrected chi connectivity index (χ3v) is 3.78. The molecule has 7 heteroatoms. The highest BCUT2D eigenvalue weighted by Crippen LogP contribution is 2.37. The highest BCUT2D eigenvalue weighted by Gasteiger charge is 2.14. The summed E-state index contributed by atoms with van der Waals surface area (Å²) in [5, 5.41) is 12.4. The van der Waals surface area contributed by atoms with Gasteiger partial charge in [0.1, 0.15) is 0 Å². The molecule has 2 nitrogen and oxygen atoms in total. The number of aliphatic hydroxyl groups is 1. The number of hydrogen-bond donors (Lipinski definition) is 2. The largest absolute Gasteiger partial charge is 0.390 e. The van der Waals surface area contributed by atoms with Gasteiger partial charge in [0.15, 0.2) is 5.82 Å². The molecule has 2 N–H and O–H groups in total. The molecule has 0 saturated heterocycles. The molecule has 90 valence electrons. The Bertz CT molecular complexity index is 392. The number of anilines is 1. The Labute approximate surface area is 119 Å². The summed E-state index contributed by atoms with van der Waals surface area (Å²) in [7, 11) is 0. The second-order valence-electron chi connectivity index (χ2n) is 3.03. The van der Waals surface area contributed by atoms with Gasteiger partial charge in [-0.1, -0.05) is 11.6 Å². The number of halogens is 5. The van der Waals surface area contributed by atoms with Gasteiger partial charge >= 0.3 is 0 Å². The number of aliphatic hydroxyl groups excluding tert-OH is 1. The first-order valence-electron chi connectivity index (χ1n) is 4.28. The van der Waals surface area contributed by atoms with Crippen molar-refractivity contribution in [2.24, 2.45) is 0 Å². The van der Waals surface area contributed by atoms with Gasteiger partial charge in [0.2, 0.25) is 0 Å². The van der Waals surface area contributed by atoms with Crippen LogP contribution in [0.15, 0.2) is 15.0 Å². The number of benzene rings is 1. The summed E-state index contributed by atoms with van der Waals surface area (Å²) in [4.78, 5) is 0. The van der Waals surface area contributed by atoms with Crippen LogP contribution in [0.2, 0.25) is 5.02 Å². The summed E-state index contributed by atoms with van der Waals surface area (Å²) in [5.41, 5.74) is 0.395. The van der Waals surface area contributed by atoms with Crippen LogP contribution in [0.3, 0.4) is 0 Å². The minimum absolute atomic E-state index is 0.0985. The van der Waals surface area contributed by atoms with Gasteiger partial charge in [-0.2, -0.15) is 0 Å². The van der Waals surface area contributed by atoms with Crippen LogP contribution in [-0.2, 0) is 0 Å². The molecule has 1 atom stereocenters. The average Bonchev–Trinajstić information content (AvgIpc) is 2.25. The molecule has 0 bridgehead atoms. The summed E-state index contributed by atoms with van der Waals surface area (Å²) >= 11 is 17.5. The van der Waals surface area contributed by atoms with Crippen molar-refractivity contribution in [3.8, 4) is 0 Å². The fourth-order valence-electron chi connectivity index (χ4n) is 1.00. The van der Waals surface area contributed by atoms with E-state index < -0.39 is 11.9 Å². The topological polar surface area (TPSA) is 32.3 Å². The number of alkyl halides is 1. The van der Waals surface area contributed by atoms with E-state index in [2.05, 4.69) is 37.2 Å². The Morgan fingerprint density at radius 2 is 2.12 bits per heavy atom. The summed E-state index contributed by atoms with van der Waals surface area (Å²) < 4.78 is 14.0. The quantitative estimate of drug-likeness (QED) is 0.458. The SMILES string of the molecule is OC(CCl)CNc1c(Cl)cc(Br)c(F)c1Br. The van der Waals surface area contributed by atoms with E-state index in [1.807, 2.05) is 0 Å². The Morgan fingerprint density at radius 1 is 1.50 bits per heavy atom. The lowest BCUT2D eigenvalue weighted by atomic mass is 10.3. The maximum Gasteiger partial charge on any atom is 0.153 e. The van der Waals surface area contributed by atoms with Crippen molar-refractivity contribution in [2.75, 3.05) is 17.7 Å². The van der Waals surface area contributed by atoms with Crippen LogP contribution in [0.5, 0.6) is 0 Å². The maximum atomic E-state index is 13.5. The highest BCUT2D eigenvalue weighted by molar-refractivity contribution is 9.11. The van der Waals surface area contributed by atoms with Crippen LogP contribution >= 0.6 is 55.1 Å². The lowest BCUT2D eigenvalue weighted by molar-refractivity contribution is 0.211. The van der Waals surface area contributed by atoms with E-state index in [1.54, 1.807) is 0 Å². The fraction of sp³-hybridized carbons (Fsp3) is 0.333. The van der Waals surface area contributed by atoms with Crippen LogP contribution in [0.1, 0.15) is 0 Å². The van der Waals surface area contributed by atoms with E-state index in [0.29, 0.717) is 10.7 Å². The zero-order chi connectivity index (χ0) is 12.3. The Balaban J connectivity index is 2.92. The predicted molar refractivity (Wildman–Crippen MR) is 72.0 cm³/mol. The normalized spacial score (nSPS) is 12.6. The third kappa shape index (κ3) is 3.47. The molecule has 1 aromatic rings. The van der Waals surface area contributed by atoms with Gasteiger partial charge in [-0.3, -0.25) is 0 Å². The van der Waals surface area contributed by atoms with Gasteiger partial charge in [-0.15, -0.1) is 11.6 Å². The summed E-state index contributed by atoms with van der Waals surface area (Å²) in [6.45, 7) is 0.197. The molecule has 0 aromatic heterocycles. The molecular weight excluding hydrogens is 388 g/mol. The van der Waals surface area contributed by atoms with E-state index in [0.717, 1.165) is 0 Å². The molecule has 0 aliphatic heterocycles. The van der Waals surface area contributed by atoms with Crippen LogP contribution in [-0.4, -0.2) is 23.6 Å². The molecule has 1 aromatic carbocycles. The predicted octanol–water partition coefficient (Wildman–Crippen LogP) is 4.02.